The summed E-state index contributed by atoms with van der Waals surface area (Å²) in [6.45, 7) is 4.17. The summed E-state index contributed by atoms with van der Waals surface area (Å²) < 4.78 is 16.3. The number of unbranched alkanes of at least 4 members (excludes halogenated alkanes) is 1. The van der Waals surface area contributed by atoms with Crippen LogP contribution < -0.4 is 24.8 Å². The molecule has 2 N–H and O–H groups in total. The molecule has 1 aromatic rings. The summed E-state index contributed by atoms with van der Waals surface area (Å²) in [6, 6.07) is 4.35. The van der Waals surface area contributed by atoms with Gasteiger partial charge in [0.2, 0.25) is 5.75 Å². The highest BCUT2D eigenvalue weighted by atomic mass is 35.5. The van der Waals surface area contributed by atoms with Crippen LogP contribution in [0.15, 0.2) is 12.1 Å². The van der Waals surface area contributed by atoms with Crippen molar-refractivity contribution in [2.75, 3.05) is 39.3 Å². The summed E-state index contributed by atoms with van der Waals surface area (Å²) in [5.41, 5.74) is 7.43. The zero-order chi connectivity index (χ0) is 16.8. The Morgan fingerprint density at radius 2 is 1.75 bits per heavy atom. The van der Waals surface area contributed by atoms with E-state index in [0.717, 1.165) is 25.2 Å². The Hall–Kier alpha value is -1.33. The van der Waals surface area contributed by atoms with Gasteiger partial charge in [-0.25, -0.2) is 0 Å². The Balaban J connectivity index is 0.00000288. The number of hydrogen-bond acceptors (Lipinski definition) is 5. The molecular formula is C18H31ClN2O3. The van der Waals surface area contributed by atoms with Crippen LogP contribution >= 0.6 is 12.4 Å². The van der Waals surface area contributed by atoms with E-state index in [-0.39, 0.29) is 12.4 Å². The summed E-state index contributed by atoms with van der Waals surface area (Å²) in [4.78, 5) is 2.38. The Kier molecular flexibility index (Phi) is 8.50. The number of nitrogens with zero attached hydrogens (tertiary/aromatic N) is 1. The molecule has 1 aromatic carbocycles. The molecule has 24 heavy (non-hydrogen) atoms. The molecule has 0 saturated carbocycles. The lowest BCUT2D eigenvalue weighted by Crippen LogP contribution is -2.47. The predicted octanol–water partition coefficient (Wildman–Crippen LogP) is 3.48. The smallest absolute Gasteiger partial charge is 0.203 e. The Morgan fingerprint density at radius 1 is 1.12 bits per heavy atom. The third-order valence-corrected chi connectivity index (χ3v) is 4.74. The second kappa shape index (κ2) is 9.84. The molecule has 6 heteroatoms. The molecule has 0 aromatic heterocycles. The van der Waals surface area contributed by atoms with Gasteiger partial charge in [-0.05, 0) is 18.8 Å². The minimum Gasteiger partial charge on any atom is -0.493 e. The molecule has 5 nitrogen and oxygen atoms in total. The molecule has 0 amide bonds. The standard InChI is InChI=1S/C18H30N2O3.ClH/c1-5-6-7-13-12-20(9-8-15(13)19)14-10-16(21-2)18(23-4)17(11-14)22-3;/h10-11,13,15H,5-9,12,19H2,1-4H3;1H/t13-,15-;/m1./s1. The SMILES string of the molecule is CCCC[C@@H]1CN(c2cc(OC)c(OC)c(OC)c2)CC[C@H]1N.Cl. The molecule has 2 atom stereocenters. The van der Waals surface area contributed by atoms with Crippen LogP contribution in [0.4, 0.5) is 5.69 Å². The number of piperidine rings is 1. The summed E-state index contributed by atoms with van der Waals surface area (Å²) >= 11 is 0. The molecule has 1 fully saturated rings. The van der Waals surface area contributed by atoms with Gasteiger partial charge in [-0.3, -0.25) is 0 Å². The average molecular weight is 359 g/mol. The molecule has 1 aliphatic rings. The first kappa shape index (κ1) is 20.7. The van der Waals surface area contributed by atoms with Crippen LogP contribution in [-0.4, -0.2) is 40.5 Å². The highest BCUT2D eigenvalue weighted by Crippen LogP contribution is 2.41. The van der Waals surface area contributed by atoms with Crippen molar-refractivity contribution in [3.05, 3.63) is 12.1 Å². The highest BCUT2D eigenvalue weighted by Gasteiger charge is 2.27. The van der Waals surface area contributed by atoms with Gasteiger partial charge in [0.05, 0.1) is 21.3 Å². The number of nitrogens with two attached hydrogens (primary N) is 1. The van der Waals surface area contributed by atoms with Gasteiger partial charge in [0.15, 0.2) is 11.5 Å². The molecule has 0 aliphatic carbocycles. The fraction of sp³-hybridized carbons (Fsp3) is 0.667. The zero-order valence-corrected chi connectivity index (χ0v) is 16.0. The van der Waals surface area contributed by atoms with E-state index in [1.54, 1.807) is 21.3 Å². The van der Waals surface area contributed by atoms with Gasteiger partial charge in [-0.2, -0.15) is 0 Å². The van der Waals surface area contributed by atoms with E-state index >= 15 is 0 Å². The lowest BCUT2D eigenvalue weighted by molar-refractivity contribution is 0.320. The van der Waals surface area contributed by atoms with Gasteiger partial charge < -0.3 is 24.8 Å². The summed E-state index contributed by atoms with van der Waals surface area (Å²) in [7, 11) is 4.93. The third-order valence-electron chi connectivity index (χ3n) is 4.74. The van der Waals surface area contributed by atoms with Crippen LogP contribution in [0, 0.1) is 5.92 Å². The molecule has 1 heterocycles. The van der Waals surface area contributed by atoms with E-state index in [9.17, 15) is 0 Å². The van der Waals surface area contributed by atoms with Crippen LogP contribution in [0.3, 0.4) is 0 Å². The van der Waals surface area contributed by atoms with E-state index < -0.39 is 0 Å². The number of rotatable bonds is 7. The van der Waals surface area contributed by atoms with Gasteiger partial charge in [-0.1, -0.05) is 19.8 Å². The van der Waals surface area contributed by atoms with Gasteiger partial charge in [0.1, 0.15) is 0 Å². The van der Waals surface area contributed by atoms with Crippen molar-refractivity contribution < 1.29 is 14.2 Å². The molecule has 2 rings (SSSR count). The normalized spacial score (nSPS) is 20.3. The summed E-state index contributed by atoms with van der Waals surface area (Å²) in [5.74, 6) is 2.57. The van der Waals surface area contributed by atoms with Crippen molar-refractivity contribution in [2.24, 2.45) is 11.7 Å². The average Bonchev–Trinajstić information content (AvgIpc) is 2.59. The van der Waals surface area contributed by atoms with Crippen molar-refractivity contribution in [1.82, 2.24) is 0 Å². The second-order valence-electron chi connectivity index (χ2n) is 6.18. The van der Waals surface area contributed by atoms with Crippen LogP contribution in [0.25, 0.3) is 0 Å². The van der Waals surface area contributed by atoms with Crippen molar-refractivity contribution in [2.45, 2.75) is 38.6 Å². The van der Waals surface area contributed by atoms with Crippen LogP contribution in [0.2, 0.25) is 0 Å². The lowest BCUT2D eigenvalue weighted by atomic mass is 9.88. The molecule has 1 aliphatic heterocycles. The van der Waals surface area contributed by atoms with Gasteiger partial charge in [0.25, 0.3) is 0 Å². The largest absolute Gasteiger partial charge is 0.493 e. The molecule has 0 radical (unpaired) electrons. The minimum absolute atomic E-state index is 0. The molecule has 0 unspecified atom stereocenters. The van der Waals surface area contributed by atoms with Crippen LogP contribution in [0.1, 0.15) is 32.6 Å². The first-order valence-corrected chi connectivity index (χ1v) is 8.45. The van der Waals surface area contributed by atoms with Crippen molar-refractivity contribution in [3.63, 3.8) is 0 Å². The molecule has 1 saturated heterocycles. The summed E-state index contributed by atoms with van der Waals surface area (Å²) in [6.07, 6.45) is 4.67. The quantitative estimate of drug-likeness (QED) is 0.808. The Morgan fingerprint density at radius 3 is 2.25 bits per heavy atom. The predicted molar refractivity (Wildman–Crippen MR) is 101 cm³/mol. The van der Waals surface area contributed by atoms with E-state index in [0.29, 0.717) is 29.2 Å². The zero-order valence-electron chi connectivity index (χ0n) is 15.2. The first-order valence-electron chi connectivity index (χ1n) is 8.45. The van der Waals surface area contributed by atoms with Crippen LogP contribution in [0.5, 0.6) is 17.2 Å². The Bertz CT molecular complexity index is 488. The van der Waals surface area contributed by atoms with Crippen molar-refractivity contribution >= 4 is 18.1 Å². The molecular weight excluding hydrogens is 328 g/mol. The van der Waals surface area contributed by atoms with Crippen molar-refractivity contribution in [3.8, 4) is 17.2 Å². The number of hydrogen-bond donors (Lipinski definition) is 1. The number of benzene rings is 1. The number of anilines is 1. The maximum atomic E-state index is 6.32. The molecule has 0 spiro atoms. The minimum atomic E-state index is 0. The van der Waals surface area contributed by atoms with E-state index in [1.165, 1.54) is 19.3 Å². The number of ether oxygens (including phenoxy) is 3. The second-order valence-corrected chi connectivity index (χ2v) is 6.18. The highest BCUT2D eigenvalue weighted by molar-refractivity contribution is 5.85. The van der Waals surface area contributed by atoms with E-state index in [4.69, 9.17) is 19.9 Å². The topological polar surface area (TPSA) is 57.0 Å². The monoisotopic (exact) mass is 358 g/mol. The third kappa shape index (κ3) is 4.61. The van der Waals surface area contributed by atoms with Gasteiger partial charge in [0, 0.05) is 37.0 Å². The number of methoxy groups -OCH3 is 3. The maximum Gasteiger partial charge on any atom is 0.203 e. The van der Waals surface area contributed by atoms with E-state index in [2.05, 4.69) is 11.8 Å². The van der Waals surface area contributed by atoms with Gasteiger partial charge >= 0.3 is 0 Å². The maximum absolute atomic E-state index is 6.32. The molecule has 0 bridgehead atoms. The molecule has 138 valence electrons. The Labute approximate surface area is 151 Å². The van der Waals surface area contributed by atoms with Crippen LogP contribution in [-0.2, 0) is 0 Å². The summed E-state index contributed by atoms with van der Waals surface area (Å²) in [5, 5.41) is 0. The fourth-order valence-electron chi connectivity index (χ4n) is 3.31. The van der Waals surface area contributed by atoms with Crippen molar-refractivity contribution in [1.29, 1.82) is 0 Å². The van der Waals surface area contributed by atoms with E-state index in [1.807, 2.05) is 12.1 Å². The first-order chi connectivity index (χ1) is 11.1. The lowest BCUT2D eigenvalue weighted by Gasteiger charge is -2.38. The van der Waals surface area contributed by atoms with Gasteiger partial charge in [-0.15, -0.1) is 12.4 Å². The fourth-order valence-corrected chi connectivity index (χ4v) is 3.31. The number of halogens is 1.